The number of hydrogen-bond acceptors (Lipinski definition) is 9. The van der Waals surface area contributed by atoms with E-state index in [2.05, 4.69) is 55.1 Å². The maximum Gasteiger partial charge on any atom is 0.264 e. The summed E-state index contributed by atoms with van der Waals surface area (Å²) >= 11 is 0. The van der Waals surface area contributed by atoms with Gasteiger partial charge in [0.15, 0.2) is 5.79 Å². The number of nitrogens with zero attached hydrogens (tertiary/aromatic N) is 3. The topological polar surface area (TPSA) is 138 Å². The van der Waals surface area contributed by atoms with Crippen molar-refractivity contribution in [1.82, 2.24) is 0 Å². The van der Waals surface area contributed by atoms with E-state index in [0.29, 0.717) is 18.6 Å². The van der Waals surface area contributed by atoms with Crippen molar-refractivity contribution in [2.75, 3.05) is 26.6 Å². The van der Waals surface area contributed by atoms with Gasteiger partial charge >= 0.3 is 0 Å². The summed E-state index contributed by atoms with van der Waals surface area (Å²) in [6.07, 6.45) is -1.14. The van der Waals surface area contributed by atoms with Gasteiger partial charge in [0, 0.05) is 11.5 Å². The molecule has 0 amide bonds. The highest BCUT2D eigenvalue weighted by atomic mass is 32.2. The quantitative estimate of drug-likeness (QED) is 0.0538. The molecule has 1 heterocycles. The average Bonchev–Trinajstić information content (AvgIpc) is 3.53. The van der Waals surface area contributed by atoms with Crippen molar-refractivity contribution in [3.05, 3.63) is 101 Å². The van der Waals surface area contributed by atoms with Crippen LogP contribution in [0.5, 0.6) is 5.75 Å². The third-order valence-electron chi connectivity index (χ3n) is 9.00. The summed E-state index contributed by atoms with van der Waals surface area (Å²) in [7, 11) is -5.56. The molecule has 0 saturated carbocycles. The zero-order valence-corrected chi connectivity index (χ0v) is 31.3. The molecule has 266 valence electrons. The predicted molar refractivity (Wildman–Crippen MR) is 192 cm³/mol. The molecule has 13 heteroatoms. The number of azide groups is 1. The van der Waals surface area contributed by atoms with Crippen LogP contribution in [0.15, 0.2) is 90.0 Å². The highest BCUT2D eigenvalue weighted by Crippen LogP contribution is 2.38. The molecule has 1 saturated heterocycles. The van der Waals surface area contributed by atoms with Crippen LogP contribution in [0.2, 0.25) is 5.04 Å². The maximum absolute atomic E-state index is 12.8. The lowest BCUT2D eigenvalue weighted by atomic mass is 10.0. The van der Waals surface area contributed by atoms with E-state index in [-0.39, 0.29) is 24.9 Å². The molecule has 1 fully saturated rings. The Kier molecular flexibility index (Phi) is 13.1. The van der Waals surface area contributed by atoms with Gasteiger partial charge in [-0.15, -0.1) is 0 Å². The first-order valence-electron chi connectivity index (χ1n) is 16.5. The zero-order valence-electron chi connectivity index (χ0n) is 29.4. The average molecular weight is 712 g/mol. The Morgan fingerprint density at radius 2 is 1.55 bits per heavy atom. The van der Waals surface area contributed by atoms with Gasteiger partial charge in [-0.25, -0.2) is 0 Å². The summed E-state index contributed by atoms with van der Waals surface area (Å²) in [5, 5.41) is 5.90. The molecule has 0 unspecified atom stereocenters. The van der Waals surface area contributed by atoms with E-state index in [9.17, 15) is 13.9 Å². The van der Waals surface area contributed by atoms with Gasteiger partial charge in [-0.2, -0.15) is 8.42 Å². The lowest BCUT2D eigenvalue weighted by Gasteiger charge is -2.44. The fourth-order valence-electron chi connectivity index (χ4n) is 6.46. The molecule has 1 aliphatic heterocycles. The van der Waals surface area contributed by atoms with Gasteiger partial charge in [0.25, 0.3) is 18.4 Å². The molecule has 0 aromatic heterocycles. The highest BCUT2D eigenvalue weighted by molar-refractivity contribution is 7.86. The van der Waals surface area contributed by atoms with E-state index in [4.69, 9.17) is 27.6 Å². The molecule has 49 heavy (non-hydrogen) atoms. The summed E-state index contributed by atoms with van der Waals surface area (Å²) < 4.78 is 63.0. The van der Waals surface area contributed by atoms with Crippen LogP contribution in [-0.4, -0.2) is 73.5 Å². The lowest BCUT2D eigenvalue weighted by molar-refractivity contribution is -0.189. The first-order valence-corrected chi connectivity index (χ1v) is 20.3. The SMILES string of the molecule is CCC1(CC)OC[C@@H]([C@H](OS(C)(=O)=O)[C@@H](OCc2ccc(OC)cc2)[C@H](CO[Si](c2ccccc2)(c2ccccc2)C(C)(C)C)N=[N+]=[N-])O1. The predicted octanol–water partition coefficient (Wildman–Crippen LogP) is 6.11. The molecule has 0 bridgehead atoms. The second-order valence-electron chi connectivity index (χ2n) is 13.2. The molecular formula is C36H49N3O8SSi. The van der Waals surface area contributed by atoms with Gasteiger partial charge in [-0.1, -0.05) is 113 Å². The highest BCUT2D eigenvalue weighted by Gasteiger charge is 2.52. The van der Waals surface area contributed by atoms with Crippen LogP contribution in [0.25, 0.3) is 10.4 Å². The van der Waals surface area contributed by atoms with Crippen LogP contribution in [-0.2, 0) is 39.5 Å². The third-order valence-corrected chi connectivity index (χ3v) is 14.6. The number of ether oxygens (including phenoxy) is 4. The smallest absolute Gasteiger partial charge is 0.264 e. The van der Waals surface area contributed by atoms with Gasteiger partial charge < -0.3 is 23.4 Å². The van der Waals surface area contributed by atoms with Crippen molar-refractivity contribution in [2.24, 2.45) is 5.11 Å². The van der Waals surface area contributed by atoms with Crippen LogP contribution in [0.4, 0.5) is 0 Å². The second-order valence-corrected chi connectivity index (χ2v) is 19.1. The summed E-state index contributed by atoms with van der Waals surface area (Å²) in [4.78, 5) is 3.20. The summed E-state index contributed by atoms with van der Waals surface area (Å²) in [5.74, 6) is -0.236. The number of rotatable bonds is 17. The van der Waals surface area contributed by atoms with Gasteiger partial charge in [0.1, 0.15) is 18.0 Å². The monoisotopic (exact) mass is 711 g/mol. The van der Waals surface area contributed by atoms with Gasteiger partial charge in [0.2, 0.25) is 0 Å². The van der Waals surface area contributed by atoms with Crippen LogP contribution < -0.4 is 15.1 Å². The molecule has 4 rings (SSSR count). The van der Waals surface area contributed by atoms with Crippen LogP contribution in [0.3, 0.4) is 0 Å². The van der Waals surface area contributed by atoms with Crippen LogP contribution >= 0.6 is 0 Å². The fraction of sp³-hybridized carbons (Fsp3) is 0.500. The minimum Gasteiger partial charge on any atom is -0.497 e. The second kappa shape index (κ2) is 16.6. The Morgan fingerprint density at radius 1 is 0.980 bits per heavy atom. The molecule has 0 N–H and O–H groups in total. The van der Waals surface area contributed by atoms with Crippen molar-refractivity contribution in [2.45, 2.75) is 89.2 Å². The Bertz CT molecular complexity index is 1590. The first-order chi connectivity index (χ1) is 23.3. The van der Waals surface area contributed by atoms with Crippen LogP contribution in [0.1, 0.15) is 53.0 Å². The van der Waals surface area contributed by atoms with Crippen molar-refractivity contribution >= 4 is 28.8 Å². The Morgan fingerprint density at radius 3 is 2.00 bits per heavy atom. The number of hydrogen-bond donors (Lipinski definition) is 0. The van der Waals surface area contributed by atoms with Gasteiger partial charge in [0.05, 0.1) is 38.7 Å². The van der Waals surface area contributed by atoms with Crippen molar-refractivity contribution in [3.8, 4) is 5.75 Å². The Labute approximate surface area is 291 Å². The minimum atomic E-state index is -4.05. The van der Waals surface area contributed by atoms with E-state index >= 15 is 0 Å². The maximum atomic E-state index is 12.8. The van der Waals surface area contributed by atoms with E-state index in [0.717, 1.165) is 22.2 Å². The molecular weight excluding hydrogens is 663 g/mol. The third kappa shape index (κ3) is 9.30. The number of benzene rings is 3. The van der Waals surface area contributed by atoms with E-state index < -0.39 is 48.6 Å². The van der Waals surface area contributed by atoms with E-state index in [1.54, 1.807) is 19.2 Å². The normalized spacial score (nSPS) is 18.3. The largest absolute Gasteiger partial charge is 0.497 e. The lowest BCUT2D eigenvalue weighted by Crippen LogP contribution is -2.67. The first kappa shape index (κ1) is 38.5. The molecule has 3 aromatic rings. The molecule has 0 radical (unpaired) electrons. The van der Waals surface area contributed by atoms with E-state index in [1.807, 2.05) is 62.4 Å². The van der Waals surface area contributed by atoms with Crippen molar-refractivity contribution < 1.29 is 36.0 Å². The van der Waals surface area contributed by atoms with Crippen molar-refractivity contribution in [3.63, 3.8) is 0 Å². The Hall–Kier alpha value is -3.26. The molecule has 0 aliphatic carbocycles. The fourth-order valence-corrected chi connectivity index (χ4v) is 11.7. The van der Waals surface area contributed by atoms with Gasteiger partial charge in [-0.3, -0.25) is 4.18 Å². The summed E-state index contributed by atoms with van der Waals surface area (Å²) in [6, 6.07) is 26.4. The molecule has 3 aromatic carbocycles. The zero-order chi connectivity index (χ0) is 35.7. The molecule has 1 aliphatic rings. The van der Waals surface area contributed by atoms with Crippen LogP contribution in [0, 0.1) is 0 Å². The van der Waals surface area contributed by atoms with E-state index in [1.165, 1.54) is 0 Å². The molecule has 0 spiro atoms. The standard InChI is InChI=1S/C36H49N3O8SSi/c1-8-36(9-2)44-26-32(46-36)34(47-48(7,40)41)33(43-24-27-20-22-28(42-6)23-21-27)31(38-39-37)25-45-49(35(3,4)5,29-16-12-10-13-17-29)30-18-14-11-15-19-30/h10-23,31-34H,8-9,24-26H2,1-7H3/t31-,32-,33-,34-/m0/s1. The number of methoxy groups -OCH3 is 1. The molecule has 4 atom stereocenters. The van der Waals surface area contributed by atoms with Crippen molar-refractivity contribution in [1.29, 1.82) is 0 Å². The summed E-state index contributed by atoms with van der Waals surface area (Å²) in [5.41, 5.74) is 10.7. The minimum absolute atomic E-state index is 0.0508. The van der Waals surface area contributed by atoms with Gasteiger partial charge in [-0.05, 0) is 51.5 Å². The summed E-state index contributed by atoms with van der Waals surface area (Å²) in [6.45, 7) is 10.3. The Balaban J connectivity index is 1.81. The molecule has 11 nitrogen and oxygen atoms in total.